The van der Waals surface area contributed by atoms with E-state index in [1.165, 1.54) is 12.1 Å². The normalized spacial score (nSPS) is 21.3. The third-order valence-corrected chi connectivity index (χ3v) is 3.48. The molecule has 1 fully saturated rings. The molecule has 0 saturated heterocycles. The average molecular weight is 261 g/mol. The summed E-state index contributed by atoms with van der Waals surface area (Å²) < 4.78 is 0. The van der Waals surface area contributed by atoms with Gasteiger partial charge in [0.05, 0.1) is 11.0 Å². The van der Waals surface area contributed by atoms with E-state index in [-0.39, 0.29) is 17.4 Å². The van der Waals surface area contributed by atoms with E-state index >= 15 is 0 Å². The third-order valence-electron chi connectivity index (χ3n) is 3.48. The van der Waals surface area contributed by atoms with Crippen molar-refractivity contribution < 1.29 is 10.0 Å². The lowest BCUT2D eigenvalue weighted by Crippen LogP contribution is -2.37. The lowest BCUT2D eigenvalue weighted by molar-refractivity contribution is -0.385. The highest BCUT2D eigenvalue weighted by molar-refractivity contribution is 5.60. The summed E-state index contributed by atoms with van der Waals surface area (Å²) in [5.41, 5.74) is 0.619. The molecule has 2 rings (SSSR count). The molecule has 0 spiro atoms. The molecule has 1 saturated carbocycles. The van der Waals surface area contributed by atoms with E-state index in [0.29, 0.717) is 11.6 Å². The Balaban J connectivity index is 2.14. The van der Waals surface area contributed by atoms with Gasteiger partial charge in [-0.3, -0.25) is 10.1 Å². The monoisotopic (exact) mass is 261 g/mol. The molecule has 1 aromatic rings. The summed E-state index contributed by atoms with van der Waals surface area (Å²) in [6.45, 7) is 0.750. The Bertz CT molecular complexity index is 532. The Kier molecular flexibility index (Phi) is 3.67. The number of nitro benzene ring substituents is 1. The van der Waals surface area contributed by atoms with Crippen LogP contribution in [0.15, 0.2) is 18.2 Å². The van der Waals surface area contributed by atoms with Crippen LogP contribution in [-0.4, -0.2) is 29.7 Å². The first-order valence-corrected chi connectivity index (χ1v) is 6.09. The second kappa shape index (κ2) is 5.24. The van der Waals surface area contributed by atoms with Gasteiger partial charge in [0.2, 0.25) is 0 Å². The number of nitriles is 1. The second-order valence-corrected chi connectivity index (χ2v) is 4.94. The standard InChI is InChI=1S/C13H15N3O3/c1-15(8-9-4-12(17)5-9)11-3-2-10(7-14)13(6-11)16(18)19/h2-3,6,9,12,17H,4-5,8H2,1H3. The van der Waals surface area contributed by atoms with E-state index in [2.05, 4.69) is 0 Å². The van der Waals surface area contributed by atoms with Gasteiger partial charge in [0.25, 0.3) is 5.69 Å². The van der Waals surface area contributed by atoms with Crippen molar-refractivity contribution in [3.8, 4) is 6.07 Å². The molecule has 0 amide bonds. The maximum absolute atomic E-state index is 10.9. The van der Waals surface area contributed by atoms with Crippen LogP contribution in [0, 0.1) is 27.4 Å². The summed E-state index contributed by atoms with van der Waals surface area (Å²) in [6, 6.07) is 6.42. The van der Waals surface area contributed by atoms with Gasteiger partial charge in [-0.2, -0.15) is 5.26 Å². The molecule has 6 nitrogen and oxygen atoms in total. The predicted octanol–water partition coefficient (Wildman–Crippen LogP) is 1.67. The molecule has 1 aromatic carbocycles. The maximum Gasteiger partial charge on any atom is 0.289 e. The molecule has 19 heavy (non-hydrogen) atoms. The van der Waals surface area contributed by atoms with E-state index < -0.39 is 4.92 Å². The van der Waals surface area contributed by atoms with E-state index in [9.17, 15) is 15.2 Å². The summed E-state index contributed by atoms with van der Waals surface area (Å²) in [7, 11) is 1.86. The van der Waals surface area contributed by atoms with Crippen LogP contribution >= 0.6 is 0 Å². The highest BCUT2D eigenvalue weighted by Gasteiger charge is 2.28. The topological polar surface area (TPSA) is 90.4 Å². The second-order valence-electron chi connectivity index (χ2n) is 4.94. The Hall–Kier alpha value is -2.13. The molecular weight excluding hydrogens is 246 g/mol. The zero-order valence-corrected chi connectivity index (χ0v) is 10.6. The minimum Gasteiger partial charge on any atom is -0.393 e. The van der Waals surface area contributed by atoms with Crippen molar-refractivity contribution in [1.82, 2.24) is 0 Å². The van der Waals surface area contributed by atoms with Crippen LogP contribution in [0.3, 0.4) is 0 Å². The summed E-state index contributed by atoms with van der Waals surface area (Å²) in [5, 5.41) is 29.0. The molecule has 0 heterocycles. The Labute approximate surface area is 111 Å². The Morgan fingerprint density at radius 1 is 1.58 bits per heavy atom. The number of aliphatic hydroxyl groups excluding tert-OH is 1. The van der Waals surface area contributed by atoms with Crippen molar-refractivity contribution in [2.75, 3.05) is 18.5 Å². The van der Waals surface area contributed by atoms with Crippen LogP contribution in [0.2, 0.25) is 0 Å². The molecule has 6 heteroatoms. The maximum atomic E-state index is 10.9. The molecule has 0 radical (unpaired) electrons. The van der Waals surface area contributed by atoms with Crippen molar-refractivity contribution >= 4 is 11.4 Å². The molecule has 1 N–H and O–H groups in total. The van der Waals surface area contributed by atoms with E-state index in [4.69, 9.17) is 5.26 Å². The van der Waals surface area contributed by atoms with Crippen molar-refractivity contribution in [2.45, 2.75) is 18.9 Å². The molecule has 1 aliphatic rings. The summed E-state index contributed by atoms with van der Waals surface area (Å²) >= 11 is 0. The summed E-state index contributed by atoms with van der Waals surface area (Å²) in [4.78, 5) is 12.3. The molecule has 0 aliphatic heterocycles. The fourth-order valence-electron chi connectivity index (χ4n) is 2.35. The van der Waals surface area contributed by atoms with Gasteiger partial charge in [-0.25, -0.2) is 0 Å². The van der Waals surface area contributed by atoms with Crippen LogP contribution in [0.4, 0.5) is 11.4 Å². The van der Waals surface area contributed by atoms with Gasteiger partial charge in [0, 0.05) is 25.3 Å². The first-order valence-electron chi connectivity index (χ1n) is 6.09. The minimum atomic E-state index is -0.539. The van der Waals surface area contributed by atoms with Crippen molar-refractivity contribution in [1.29, 1.82) is 5.26 Å². The average Bonchev–Trinajstić information content (AvgIpc) is 2.35. The van der Waals surface area contributed by atoms with Crippen LogP contribution in [0.1, 0.15) is 18.4 Å². The molecule has 0 bridgehead atoms. The van der Waals surface area contributed by atoms with Gasteiger partial charge in [-0.15, -0.1) is 0 Å². The van der Waals surface area contributed by atoms with Gasteiger partial charge in [0.1, 0.15) is 11.6 Å². The highest BCUT2D eigenvalue weighted by atomic mass is 16.6. The minimum absolute atomic E-state index is 0.0706. The molecule has 1 aliphatic carbocycles. The van der Waals surface area contributed by atoms with Crippen molar-refractivity contribution in [3.05, 3.63) is 33.9 Å². The fourth-order valence-corrected chi connectivity index (χ4v) is 2.35. The molecule has 0 atom stereocenters. The first-order chi connectivity index (χ1) is 9.01. The molecule has 0 aromatic heterocycles. The lowest BCUT2D eigenvalue weighted by Gasteiger charge is -2.35. The van der Waals surface area contributed by atoms with Crippen molar-refractivity contribution in [2.24, 2.45) is 5.92 Å². The predicted molar refractivity (Wildman–Crippen MR) is 69.8 cm³/mol. The lowest BCUT2D eigenvalue weighted by atomic mass is 9.82. The number of nitrogens with zero attached hydrogens (tertiary/aromatic N) is 3. The Morgan fingerprint density at radius 3 is 2.79 bits per heavy atom. The van der Waals surface area contributed by atoms with Gasteiger partial charge in [-0.05, 0) is 30.9 Å². The van der Waals surface area contributed by atoms with E-state index in [0.717, 1.165) is 19.4 Å². The number of anilines is 1. The SMILES string of the molecule is CN(CC1CC(O)C1)c1ccc(C#N)c([N+](=O)[O-])c1. The molecular formula is C13H15N3O3. The highest BCUT2D eigenvalue weighted by Crippen LogP contribution is 2.30. The Morgan fingerprint density at radius 2 is 2.26 bits per heavy atom. The molecule has 100 valence electrons. The summed E-state index contributed by atoms with van der Waals surface area (Å²) in [6.07, 6.45) is 1.36. The van der Waals surface area contributed by atoms with Gasteiger partial charge < -0.3 is 10.0 Å². The zero-order valence-electron chi connectivity index (χ0n) is 10.6. The third kappa shape index (κ3) is 2.83. The largest absolute Gasteiger partial charge is 0.393 e. The summed E-state index contributed by atoms with van der Waals surface area (Å²) in [5.74, 6) is 0.426. The quantitative estimate of drug-likeness (QED) is 0.657. The number of aliphatic hydroxyl groups is 1. The number of benzene rings is 1. The number of hydrogen-bond donors (Lipinski definition) is 1. The fraction of sp³-hybridized carbons (Fsp3) is 0.462. The van der Waals surface area contributed by atoms with Crippen molar-refractivity contribution in [3.63, 3.8) is 0 Å². The van der Waals surface area contributed by atoms with Crippen LogP contribution in [-0.2, 0) is 0 Å². The van der Waals surface area contributed by atoms with Gasteiger partial charge in [-0.1, -0.05) is 0 Å². The van der Waals surface area contributed by atoms with Crippen LogP contribution < -0.4 is 4.90 Å². The van der Waals surface area contributed by atoms with Crippen LogP contribution in [0.25, 0.3) is 0 Å². The molecule has 0 unspecified atom stereocenters. The smallest absolute Gasteiger partial charge is 0.289 e. The van der Waals surface area contributed by atoms with Gasteiger partial charge in [0.15, 0.2) is 0 Å². The van der Waals surface area contributed by atoms with E-state index in [1.807, 2.05) is 18.0 Å². The van der Waals surface area contributed by atoms with E-state index in [1.54, 1.807) is 6.07 Å². The van der Waals surface area contributed by atoms with Crippen LogP contribution in [0.5, 0.6) is 0 Å². The zero-order chi connectivity index (χ0) is 14.0. The number of nitro groups is 1. The first kappa shape index (κ1) is 13.3. The number of hydrogen-bond acceptors (Lipinski definition) is 5. The van der Waals surface area contributed by atoms with Gasteiger partial charge >= 0.3 is 0 Å². The number of rotatable bonds is 4.